The quantitative estimate of drug-likeness (QED) is 0.919. The molecule has 1 aromatic carbocycles. The van der Waals surface area contributed by atoms with E-state index in [0.29, 0.717) is 5.56 Å². The summed E-state index contributed by atoms with van der Waals surface area (Å²) in [7, 11) is -3.68. The Kier molecular flexibility index (Phi) is 3.59. The summed E-state index contributed by atoms with van der Waals surface area (Å²) in [6.07, 6.45) is 0. The number of aryl methyl sites for hydroxylation is 1. The highest BCUT2D eigenvalue weighted by atomic mass is 32.2. The number of carbonyl (C=O) groups excluding carboxylic acids is 1. The number of rotatable bonds is 4. The molecule has 1 heterocycles. The van der Waals surface area contributed by atoms with E-state index in [1.807, 2.05) is 0 Å². The predicted octanol–water partition coefficient (Wildman–Crippen LogP) is 1.22. The van der Waals surface area contributed by atoms with Gasteiger partial charge in [-0.1, -0.05) is 18.2 Å². The molecule has 0 atom stereocenters. The molecule has 0 fully saturated rings. The third-order valence-corrected chi connectivity index (χ3v) is 5.24. The zero-order valence-corrected chi connectivity index (χ0v) is 11.5. The predicted molar refractivity (Wildman–Crippen MR) is 70.6 cm³/mol. The molecule has 0 unspecified atom stereocenters. The molecular weight excluding hydrogens is 286 g/mol. The van der Waals surface area contributed by atoms with Gasteiger partial charge in [0, 0.05) is 0 Å². The van der Waals surface area contributed by atoms with Crippen LogP contribution in [0.4, 0.5) is 5.69 Å². The van der Waals surface area contributed by atoms with Crippen molar-refractivity contribution in [2.24, 2.45) is 0 Å². The maximum atomic E-state index is 12.0. The Hall–Kier alpha value is -1.86. The van der Waals surface area contributed by atoms with Gasteiger partial charge in [-0.25, -0.2) is 8.42 Å². The van der Waals surface area contributed by atoms with Gasteiger partial charge in [0.15, 0.2) is 0 Å². The number of aromatic carboxylic acids is 1. The Morgan fingerprint density at radius 1 is 1.32 bits per heavy atom. The van der Waals surface area contributed by atoms with Crippen LogP contribution in [0, 0.1) is 6.92 Å². The summed E-state index contributed by atoms with van der Waals surface area (Å²) in [4.78, 5) is 10.8. The molecule has 0 aliphatic rings. The number of anilines is 1. The molecule has 0 aliphatic heterocycles. The van der Waals surface area contributed by atoms with E-state index in [9.17, 15) is 18.3 Å². The number of nitrogens with one attached hydrogen (secondary N) is 1. The summed E-state index contributed by atoms with van der Waals surface area (Å²) >= 11 is 1.09. The lowest BCUT2D eigenvalue weighted by Gasteiger charge is -2.11. The van der Waals surface area contributed by atoms with Crippen molar-refractivity contribution in [3.8, 4) is 0 Å². The smallest absolute Gasteiger partial charge is 0.271 e. The van der Waals surface area contributed by atoms with Gasteiger partial charge in [-0.15, -0.1) is 11.3 Å². The van der Waals surface area contributed by atoms with Gasteiger partial charge in [0.25, 0.3) is 10.0 Å². The summed E-state index contributed by atoms with van der Waals surface area (Å²) in [5.41, 5.74) is 0.787. The van der Waals surface area contributed by atoms with Crippen LogP contribution in [-0.4, -0.2) is 14.4 Å². The Bertz CT molecular complexity index is 705. The number of carboxylic acid groups (broad SMARTS) is 1. The minimum Gasteiger partial charge on any atom is -0.545 e. The average molecular weight is 296 g/mol. The van der Waals surface area contributed by atoms with Crippen molar-refractivity contribution < 1.29 is 18.3 Å². The minimum atomic E-state index is -3.68. The topological polar surface area (TPSA) is 86.3 Å². The molecule has 0 bridgehead atoms. The SMILES string of the molecule is Cc1ccc(C(=O)[O-])cc1NS(=O)(=O)c1cccs1. The van der Waals surface area contributed by atoms with Crippen LogP contribution >= 0.6 is 11.3 Å². The zero-order valence-electron chi connectivity index (χ0n) is 9.91. The Labute approximate surface area is 114 Å². The number of hydrogen-bond acceptors (Lipinski definition) is 5. The monoisotopic (exact) mass is 296 g/mol. The van der Waals surface area contributed by atoms with E-state index >= 15 is 0 Å². The molecule has 1 N–H and O–H groups in total. The number of carboxylic acids is 1. The molecule has 2 rings (SSSR count). The lowest BCUT2D eigenvalue weighted by Crippen LogP contribution is -2.22. The van der Waals surface area contributed by atoms with Gasteiger partial charge in [0.2, 0.25) is 0 Å². The second-order valence-electron chi connectivity index (χ2n) is 3.85. The number of sulfonamides is 1. The number of benzene rings is 1. The fourth-order valence-electron chi connectivity index (χ4n) is 1.47. The number of carbonyl (C=O) groups is 1. The van der Waals surface area contributed by atoms with Crippen molar-refractivity contribution in [1.82, 2.24) is 0 Å². The second kappa shape index (κ2) is 5.02. The maximum absolute atomic E-state index is 12.0. The van der Waals surface area contributed by atoms with E-state index in [-0.39, 0.29) is 15.5 Å². The van der Waals surface area contributed by atoms with E-state index in [1.165, 1.54) is 24.3 Å². The van der Waals surface area contributed by atoms with Crippen molar-refractivity contribution in [3.63, 3.8) is 0 Å². The van der Waals surface area contributed by atoms with Gasteiger partial charge >= 0.3 is 0 Å². The van der Waals surface area contributed by atoms with Gasteiger partial charge in [0.05, 0.1) is 11.7 Å². The second-order valence-corrected chi connectivity index (χ2v) is 6.71. The van der Waals surface area contributed by atoms with Crippen LogP contribution in [0.25, 0.3) is 0 Å². The molecule has 7 heteroatoms. The average Bonchev–Trinajstić information content (AvgIpc) is 2.85. The standard InChI is InChI=1S/C12H11NO4S2/c1-8-4-5-9(12(14)15)7-10(8)13-19(16,17)11-3-2-6-18-11/h2-7,13H,1H3,(H,14,15)/p-1. The molecule has 0 amide bonds. The highest BCUT2D eigenvalue weighted by molar-refractivity contribution is 7.94. The first-order chi connectivity index (χ1) is 8.90. The summed E-state index contributed by atoms with van der Waals surface area (Å²) < 4.78 is 26.6. The van der Waals surface area contributed by atoms with E-state index in [2.05, 4.69) is 4.72 Å². The Morgan fingerprint density at radius 3 is 2.63 bits per heavy atom. The summed E-state index contributed by atoms with van der Waals surface area (Å²) in [5.74, 6) is -1.35. The molecule has 0 saturated carbocycles. The van der Waals surface area contributed by atoms with E-state index < -0.39 is 16.0 Å². The molecule has 0 radical (unpaired) electrons. The third-order valence-electron chi connectivity index (χ3n) is 2.48. The molecule has 5 nitrogen and oxygen atoms in total. The van der Waals surface area contributed by atoms with Crippen LogP contribution in [0.15, 0.2) is 39.9 Å². The fourth-order valence-corrected chi connectivity index (χ4v) is 3.58. The molecular formula is C12H10NO4S2-. The summed E-state index contributed by atoms with van der Waals surface area (Å²) in [6, 6.07) is 7.25. The van der Waals surface area contributed by atoms with Crippen LogP contribution in [0.2, 0.25) is 0 Å². The van der Waals surface area contributed by atoms with Crippen molar-refractivity contribution in [2.75, 3.05) is 4.72 Å². The largest absolute Gasteiger partial charge is 0.545 e. The molecule has 0 spiro atoms. The van der Waals surface area contributed by atoms with Crippen molar-refractivity contribution in [2.45, 2.75) is 11.1 Å². The zero-order chi connectivity index (χ0) is 14.0. The summed E-state index contributed by atoms with van der Waals surface area (Å²) in [5, 5.41) is 12.4. The van der Waals surface area contributed by atoms with E-state index in [4.69, 9.17) is 0 Å². The first kappa shape index (κ1) is 13.6. The van der Waals surface area contributed by atoms with Crippen LogP contribution in [0.1, 0.15) is 15.9 Å². The van der Waals surface area contributed by atoms with Crippen LogP contribution in [0.3, 0.4) is 0 Å². The van der Waals surface area contributed by atoms with Gasteiger partial charge in [0.1, 0.15) is 4.21 Å². The van der Waals surface area contributed by atoms with Crippen LogP contribution in [0.5, 0.6) is 0 Å². The molecule has 2 aromatic rings. The fraction of sp³-hybridized carbons (Fsp3) is 0.0833. The van der Waals surface area contributed by atoms with Gasteiger partial charge in [-0.3, -0.25) is 4.72 Å². The first-order valence-electron chi connectivity index (χ1n) is 5.28. The van der Waals surface area contributed by atoms with E-state index in [1.54, 1.807) is 18.4 Å². The van der Waals surface area contributed by atoms with Gasteiger partial charge < -0.3 is 9.90 Å². The lowest BCUT2D eigenvalue weighted by atomic mass is 10.1. The molecule has 1 aromatic heterocycles. The van der Waals surface area contributed by atoms with Gasteiger partial charge in [-0.2, -0.15) is 0 Å². The summed E-state index contributed by atoms with van der Waals surface area (Å²) in [6.45, 7) is 1.69. The molecule has 100 valence electrons. The first-order valence-corrected chi connectivity index (χ1v) is 7.65. The highest BCUT2D eigenvalue weighted by Gasteiger charge is 2.16. The molecule has 0 saturated heterocycles. The minimum absolute atomic E-state index is 0.0746. The van der Waals surface area contributed by atoms with Crippen molar-refractivity contribution in [1.29, 1.82) is 0 Å². The van der Waals surface area contributed by atoms with E-state index in [0.717, 1.165) is 11.3 Å². The Morgan fingerprint density at radius 2 is 2.05 bits per heavy atom. The lowest BCUT2D eigenvalue weighted by molar-refractivity contribution is -0.255. The molecule has 0 aliphatic carbocycles. The van der Waals surface area contributed by atoms with Gasteiger partial charge in [-0.05, 0) is 35.6 Å². The number of hydrogen-bond donors (Lipinski definition) is 1. The normalized spacial score (nSPS) is 11.2. The third kappa shape index (κ3) is 2.94. The number of thiophene rings is 1. The maximum Gasteiger partial charge on any atom is 0.271 e. The van der Waals surface area contributed by atoms with Crippen LogP contribution < -0.4 is 9.83 Å². The molecule has 19 heavy (non-hydrogen) atoms. The highest BCUT2D eigenvalue weighted by Crippen LogP contribution is 2.23. The van der Waals surface area contributed by atoms with Crippen molar-refractivity contribution >= 4 is 33.0 Å². The van der Waals surface area contributed by atoms with Crippen molar-refractivity contribution in [3.05, 3.63) is 46.8 Å². The van der Waals surface area contributed by atoms with Crippen LogP contribution in [-0.2, 0) is 10.0 Å². The Balaban J connectivity index is 2.39.